The van der Waals surface area contributed by atoms with Crippen molar-refractivity contribution in [2.24, 2.45) is 0 Å². The molecule has 0 radical (unpaired) electrons. The van der Waals surface area contributed by atoms with Crippen molar-refractivity contribution in [3.63, 3.8) is 0 Å². The Bertz CT molecular complexity index is 361. The van der Waals surface area contributed by atoms with E-state index in [4.69, 9.17) is 0 Å². The Morgan fingerprint density at radius 2 is 2.14 bits per heavy atom. The van der Waals surface area contributed by atoms with Gasteiger partial charge >= 0.3 is 0 Å². The first kappa shape index (κ1) is 11.6. The summed E-state index contributed by atoms with van der Waals surface area (Å²) >= 11 is 6.42. The highest BCUT2D eigenvalue weighted by Gasteiger charge is 2.07. The van der Waals surface area contributed by atoms with E-state index in [-0.39, 0.29) is 5.78 Å². The summed E-state index contributed by atoms with van der Waals surface area (Å²) in [6, 6.07) is 5.02. The molecule has 0 amide bonds. The minimum absolute atomic E-state index is 0.0393. The third-order valence-electron chi connectivity index (χ3n) is 1.77. The van der Waals surface area contributed by atoms with Crippen LogP contribution < -0.4 is 0 Å². The fourth-order valence-electron chi connectivity index (χ4n) is 1.04. The van der Waals surface area contributed by atoms with Crippen molar-refractivity contribution in [2.45, 2.75) is 6.42 Å². The third kappa shape index (κ3) is 2.75. The van der Waals surface area contributed by atoms with E-state index in [9.17, 15) is 9.59 Å². The van der Waals surface area contributed by atoms with Gasteiger partial charge in [-0.1, -0.05) is 37.9 Å². The lowest BCUT2D eigenvalue weighted by Gasteiger charge is -2.01. The number of hydrogen-bond acceptors (Lipinski definition) is 2. The smallest absolute Gasteiger partial charge is 0.163 e. The average Bonchev–Trinajstić information content (AvgIpc) is 2.19. The van der Waals surface area contributed by atoms with Crippen molar-refractivity contribution in [1.29, 1.82) is 0 Å². The zero-order valence-electron chi connectivity index (χ0n) is 7.30. The minimum atomic E-state index is 0.0393. The van der Waals surface area contributed by atoms with Crippen LogP contribution in [-0.4, -0.2) is 17.4 Å². The molecule has 1 aromatic carbocycles. The van der Waals surface area contributed by atoms with Gasteiger partial charge in [0.25, 0.3) is 0 Å². The predicted molar refractivity (Wildman–Crippen MR) is 62.3 cm³/mol. The molecule has 74 valence electrons. The standard InChI is InChI=1S/C10H8Br2O2/c11-4-3-10(14)7-1-2-9(12)8(5-7)6-13/h1-2,5-6H,3-4H2. The Morgan fingerprint density at radius 3 is 2.71 bits per heavy atom. The van der Waals surface area contributed by atoms with Gasteiger partial charge in [0.15, 0.2) is 12.1 Å². The highest BCUT2D eigenvalue weighted by Crippen LogP contribution is 2.17. The van der Waals surface area contributed by atoms with Crippen LogP contribution in [0.1, 0.15) is 27.1 Å². The van der Waals surface area contributed by atoms with Crippen molar-refractivity contribution in [3.8, 4) is 0 Å². The quantitative estimate of drug-likeness (QED) is 0.485. The van der Waals surface area contributed by atoms with Crippen LogP contribution >= 0.6 is 31.9 Å². The lowest BCUT2D eigenvalue weighted by molar-refractivity contribution is 0.0990. The van der Waals surface area contributed by atoms with E-state index in [0.29, 0.717) is 27.4 Å². The number of carbonyl (C=O) groups is 2. The second kappa shape index (κ2) is 5.41. The maximum absolute atomic E-state index is 11.5. The van der Waals surface area contributed by atoms with Gasteiger partial charge in [-0.2, -0.15) is 0 Å². The Labute approximate surface area is 98.9 Å². The first-order valence-electron chi connectivity index (χ1n) is 4.03. The molecule has 0 fully saturated rings. The van der Waals surface area contributed by atoms with Gasteiger partial charge in [-0.15, -0.1) is 0 Å². The van der Waals surface area contributed by atoms with Crippen LogP contribution in [0.2, 0.25) is 0 Å². The second-order valence-corrected chi connectivity index (χ2v) is 4.36. The highest BCUT2D eigenvalue weighted by atomic mass is 79.9. The maximum atomic E-state index is 11.5. The summed E-state index contributed by atoms with van der Waals surface area (Å²) in [5.41, 5.74) is 1.08. The van der Waals surface area contributed by atoms with Crippen molar-refractivity contribution >= 4 is 43.9 Å². The third-order valence-corrected chi connectivity index (χ3v) is 2.89. The van der Waals surface area contributed by atoms with Gasteiger partial charge in [0, 0.05) is 27.4 Å². The van der Waals surface area contributed by atoms with Gasteiger partial charge in [0.1, 0.15) is 0 Å². The van der Waals surface area contributed by atoms with Gasteiger partial charge in [0.2, 0.25) is 0 Å². The van der Waals surface area contributed by atoms with Crippen LogP contribution in [0.3, 0.4) is 0 Å². The molecule has 0 bridgehead atoms. The molecule has 0 unspecified atom stereocenters. The summed E-state index contributed by atoms with van der Waals surface area (Å²) in [5.74, 6) is 0.0393. The molecule has 0 aliphatic rings. The predicted octanol–water partition coefficient (Wildman–Crippen LogP) is 3.23. The van der Waals surface area contributed by atoms with Gasteiger partial charge < -0.3 is 0 Å². The first-order chi connectivity index (χ1) is 6.69. The number of aldehydes is 1. The van der Waals surface area contributed by atoms with E-state index in [1.165, 1.54) is 0 Å². The second-order valence-electron chi connectivity index (χ2n) is 2.72. The van der Waals surface area contributed by atoms with Crippen molar-refractivity contribution in [3.05, 3.63) is 33.8 Å². The fourth-order valence-corrected chi connectivity index (χ4v) is 1.74. The van der Waals surface area contributed by atoms with Crippen LogP contribution in [0.5, 0.6) is 0 Å². The van der Waals surface area contributed by atoms with Crippen LogP contribution in [0.15, 0.2) is 22.7 Å². The van der Waals surface area contributed by atoms with Crippen LogP contribution in [0.25, 0.3) is 0 Å². The van der Waals surface area contributed by atoms with Gasteiger partial charge in [-0.3, -0.25) is 9.59 Å². The van der Waals surface area contributed by atoms with Crippen molar-refractivity contribution in [1.82, 2.24) is 0 Å². The summed E-state index contributed by atoms with van der Waals surface area (Å²) in [6.45, 7) is 0. The lowest BCUT2D eigenvalue weighted by Crippen LogP contribution is -2.00. The van der Waals surface area contributed by atoms with Crippen LogP contribution in [-0.2, 0) is 0 Å². The summed E-state index contributed by atoms with van der Waals surface area (Å²) in [5, 5.41) is 0.637. The number of Topliss-reactive ketones (excluding diaryl/α,β-unsaturated/α-hetero) is 1. The molecular weight excluding hydrogens is 312 g/mol. The summed E-state index contributed by atoms with van der Waals surface area (Å²) in [6.07, 6.45) is 1.18. The summed E-state index contributed by atoms with van der Waals surface area (Å²) < 4.78 is 0.711. The largest absolute Gasteiger partial charge is 0.298 e. The maximum Gasteiger partial charge on any atom is 0.163 e. The molecule has 0 spiro atoms. The average molecular weight is 320 g/mol. The molecule has 0 atom stereocenters. The Morgan fingerprint density at radius 1 is 1.43 bits per heavy atom. The number of carbonyl (C=O) groups excluding carboxylic acids is 2. The molecule has 0 saturated heterocycles. The zero-order valence-corrected chi connectivity index (χ0v) is 10.5. The van der Waals surface area contributed by atoms with Gasteiger partial charge in [-0.05, 0) is 12.1 Å². The normalized spacial score (nSPS) is 9.86. The molecule has 0 aliphatic carbocycles. The Hall–Kier alpha value is -0.480. The highest BCUT2D eigenvalue weighted by molar-refractivity contribution is 9.10. The number of ketones is 1. The summed E-state index contributed by atoms with van der Waals surface area (Å²) in [4.78, 5) is 22.1. The molecule has 0 N–H and O–H groups in total. The Balaban J connectivity index is 3.00. The number of alkyl halides is 1. The lowest BCUT2D eigenvalue weighted by atomic mass is 10.1. The van der Waals surface area contributed by atoms with Crippen LogP contribution in [0, 0.1) is 0 Å². The molecule has 14 heavy (non-hydrogen) atoms. The van der Waals surface area contributed by atoms with Crippen LogP contribution in [0.4, 0.5) is 0 Å². The van der Waals surface area contributed by atoms with E-state index < -0.39 is 0 Å². The molecule has 0 aliphatic heterocycles. The van der Waals surface area contributed by atoms with Gasteiger partial charge in [-0.25, -0.2) is 0 Å². The van der Waals surface area contributed by atoms with Crippen molar-refractivity contribution in [2.75, 3.05) is 5.33 Å². The monoisotopic (exact) mass is 318 g/mol. The number of benzene rings is 1. The first-order valence-corrected chi connectivity index (χ1v) is 5.94. The van der Waals surface area contributed by atoms with Gasteiger partial charge in [0.05, 0.1) is 0 Å². The number of rotatable bonds is 4. The molecule has 0 aromatic heterocycles. The van der Waals surface area contributed by atoms with E-state index in [1.807, 2.05) is 0 Å². The molecule has 1 rings (SSSR count). The summed E-state index contributed by atoms with van der Waals surface area (Å²) in [7, 11) is 0. The SMILES string of the molecule is O=Cc1cc(C(=O)CCBr)ccc1Br. The minimum Gasteiger partial charge on any atom is -0.298 e. The van der Waals surface area contributed by atoms with E-state index in [1.54, 1.807) is 18.2 Å². The van der Waals surface area contributed by atoms with E-state index in [0.717, 1.165) is 6.29 Å². The van der Waals surface area contributed by atoms with E-state index in [2.05, 4.69) is 31.9 Å². The molecule has 0 heterocycles. The van der Waals surface area contributed by atoms with E-state index >= 15 is 0 Å². The van der Waals surface area contributed by atoms with Crippen molar-refractivity contribution < 1.29 is 9.59 Å². The molecular formula is C10H8Br2O2. The number of halogens is 2. The molecule has 4 heteroatoms. The fraction of sp³-hybridized carbons (Fsp3) is 0.200. The molecule has 1 aromatic rings. The molecule has 2 nitrogen and oxygen atoms in total. The Kier molecular flexibility index (Phi) is 4.48. The topological polar surface area (TPSA) is 34.1 Å². The number of hydrogen-bond donors (Lipinski definition) is 0. The zero-order chi connectivity index (χ0) is 10.6. The molecule has 0 saturated carbocycles.